The van der Waals surface area contributed by atoms with Gasteiger partial charge in [-0.2, -0.15) is 0 Å². The maximum Gasteiger partial charge on any atom is 0.160 e. The molecule has 28 heavy (non-hydrogen) atoms. The molecule has 0 saturated heterocycles. The van der Waals surface area contributed by atoms with Crippen LogP contribution in [0.3, 0.4) is 0 Å². The summed E-state index contributed by atoms with van der Waals surface area (Å²) in [5.74, 6) is 0. The van der Waals surface area contributed by atoms with Gasteiger partial charge < -0.3 is 8.83 Å². The van der Waals surface area contributed by atoms with Crippen molar-refractivity contribution in [1.29, 1.82) is 0 Å². The first-order valence-corrected chi connectivity index (χ1v) is 9.44. The van der Waals surface area contributed by atoms with Crippen molar-refractivity contribution in [3.63, 3.8) is 0 Å². The Morgan fingerprint density at radius 1 is 0.643 bits per heavy atom. The highest BCUT2D eigenvalue weighted by molar-refractivity contribution is 6.27. The molecule has 0 saturated carbocycles. The standard InChI is InChI=1S/C24H14ClNO2/c25-26-19-12-11-15(23-18-6-2-4-8-21(18)28-24(19)23)14-9-10-17-16-5-1-3-7-20(16)27-22(17)13-14/h1-13,26H. The molecule has 0 aliphatic heterocycles. The number of hydrogen-bond acceptors (Lipinski definition) is 3. The lowest BCUT2D eigenvalue weighted by atomic mass is 9.98. The van der Waals surface area contributed by atoms with Crippen LogP contribution in [0.5, 0.6) is 0 Å². The molecule has 0 atom stereocenters. The number of halogens is 1. The van der Waals surface area contributed by atoms with Crippen molar-refractivity contribution in [2.24, 2.45) is 0 Å². The molecule has 1 N–H and O–H groups in total. The average molecular weight is 384 g/mol. The fourth-order valence-corrected chi connectivity index (χ4v) is 4.19. The lowest BCUT2D eigenvalue weighted by Gasteiger charge is -2.07. The van der Waals surface area contributed by atoms with E-state index in [2.05, 4.69) is 41.2 Å². The van der Waals surface area contributed by atoms with Gasteiger partial charge in [-0.25, -0.2) is 0 Å². The fraction of sp³-hybridized carbons (Fsp3) is 0. The van der Waals surface area contributed by atoms with E-state index in [0.29, 0.717) is 0 Å². The minimum Gasteiger partial charge on any atom is -0.456 e. The second kappa shape index (κ2) is 5.78. The van der Waals surface area contributed by atoms with Gasteiger partial charge in [-0.1, -0.05) is 48.5 Å². The number of para-hydroxylation sites is 2. The van der Waals surface area contributed by atoms with E-state index in [4.69, 9.17) is 20.6 Å². The van der Waals surface area contributed by atoms with Crippen LogP contribution in [0.1, 0.15) is 0 Å². The Morgan fingerprint density at radius 3 is 2.18 bits per heavy atom. The second-order valence-electron chi connectivity index (χ2n) is 6.87. The van der Waals surface area contributed by atoms with Crippen molar-refractivity contribution in [2.45, 2.75) is 0 Å². The molecular formula is C24H14ClNO2. The Hall–Kier alpha value is -3.43. The first-order chi connectivity index (χ1) is 13.8. The maximum atomic E-state index is 6.10. The molecule has 4 aromatic carbocycles. The van der Waals surface area contributed by atoms with Crippen molar-refractivity contribution in [2.75, 3.05) is 4.84 Å². The van der Waals surface area contributed by atoms with Crippen LogP contribution < -0.4 is 4.84 Å². The van der Waals surface area contributed by atoms with Gasteiger partial charge >= 0.3 is 0 Å². The van der Waals surface area contributed by atoms with Gasteiger partial charge in [0.2, 0.25) is 0 Å². The SMILES string of the molecule is ClNc1ccc(-c2ccc3c(c2)oc2ccccc23)c2c1oc1ccccc12. The first kappa shape index (κ1) is 15.6. The minimum atomic E-state index is 0.749. The van der Waals surface area contributed by atoms with Crippen LogP contribution in [0, 0.1) is 0 Å². The summed E-state index contributed by atoms with van der Waals surface area (Å²) >= 11 is 5.93. The molecule has 0 unspecified atom stereocenters. The zero-order valence-corrected chi connectivity index (χ0v) is 15.5. The van der Waals surface area contributed by atoms with Gasteiger partial charge in [-0.05, 0) is 41.5 Å². The maximum absolute atomic E-state index is 6.10. The summed E-state index contributed by atoms with van der Waals surface area (Å²) in [4.78, 5) is 2.72. The van der Waals surface area contributed by atoms with Crippen molar-refractivity contribution in [3.05, 3.63) is 78.9 Å². The molecule has 3 nitrogen and oxygen atoms in total. The van der Waals surface area contributed by atoms with Gasteiger partial charge in [0, 0.05) is 33.3 Å². The number of anilines is 1. The molecule has 0 radical (unpaired) electrons. The van der Waals surface area contributed by atoms with Crippen molar-refractivity contribution in [3.8, 4) is 11.1 Å². The normalized spacial score (nSPS) is 11.8. The summed E-state index contributed by atoms with van der Waals surface area (Å²) < 4.78 is 12.2. The molecular weight excluding hydrogens is 370 g/mol. The second-order valence-corrected chi connectivity index (χ2v) is 7.06. The molecule has 0 aliphatic carbocycles. The summed E-state index contributed by atoms with van der Waals surface area (Å²) in [6, 6.07) is 26.5. The average Bonchev–Trinajstić information content (AvgIpc) is 3.31. The third kappa shape index (κ3) is 2.11. The Balaban J connectivity index is 1.69. The number of furan rings is 2. The van der Waals surface area contributed by atoms with Gasteiger partial charge in [-0.3, -0.25) is 4.84 Å². The first-order valence-electron chi connectivity index (χ1n) is 9.06. The third-order valence-corrected chi connectivity index (χ3v) is 5.52. The van der Waals surface area contributed by atoms with E-state index >= 15 is 0 Å². The minimum absolute atomic E-state index is 0.749. The molecule has 134 valence electrons. The Bertz CT molecular complexity index is 1510. The highest BCUT2D eigenvalue weighted by Crippen LogP contribution is 2.41. The number of rotatable bonds is 2. The van der Waals surface area contributed by atoms with Crippen LogP contribution in [0.2, 0.25) is 0 Å². The van der Waals surface area contributed by atoms with Crippen molar-refractivity contribution in [1.82, 2.24) is 0 Å². The molecule has 0 bridgehead atoms. The van der Waals surface area contributed by atoms with Crippen LogP contribution in [0.4, 0.5) is 5.69 Å². The smallest absolute Gasteiger partial charge is 0.160 e. The lowest BCUT2D eigenvalue weighted by Crippen LogP contribution is -1.85. The monoisotopic (exact) mass is 383 g/mol. The van der Waals surface area contributed by atoms with Crippen LogP contribution in [0.25, 0.3) is 55.0 Å². The molecule has 4 heteroatoms. The third-order valence-electron chi connectivity index (χ3n) is 5.32. The van der Waals surface area contributed by atoms with Crippen LogP contribution >= 0.6 is 11.8 Å². The van der Waals surface area contributed by atoms with Gasteiger partial charge in [-0.15, -0.1) is 0 Å². The van der Waals surface area contributed by atoms with E-state index in [-0.39, 0.29) is 0 Å². The topological polar surface area (TPSA) is 38.3 Å². The van der Waals surface area contributed by atoms with E-state index in [1.165, 1.54) is 0 Å². The van der Waals surface area contributed by atoms with Gasteiger partial charge in [0.1, 0.15) is 16.7 Å². The molecule has 0 amide bonds. The molecule has 6 rings (SSSR count). The van der Waals surface area contributed by atoms with E-state index < -0.39 is 0 Å². The Kier molecular flexibility index (Phi) is 3.22. The highest BCUT2D eigenvalue weighted by atomic mass is 35.5. The van der Waals surface area contributed by atoms with E-state index in [1.807, 2.05) is 42.5 Å². The predicted molar refractivity (Wildman–Crippen MR) is 116 cm³/mol. The number of nitrogens with one attached hydrogen (secondary N) is 1. The zero-order chi connectivity index (χ0) is 18.7. The number of hydrogen-bond donors (Lipinski definition) is 1. The van der Waals surface area contributed by atoms with Crippen molar-refractivity contribution >= 4 is 61.3 Å². The summed E-state index contributed by atoms with van der Waals surface area (Å²) in [6.07, 6.45) is 0. The molecule has 0 spiro atoms. The molecule has 2 aromatic heterocycles. The van der Waals surface area contributed by atoms with Crippen LogP contribution in [-0.2, 0) is 0 Å². The predicted octanol–water partition coefficient (Wildman–Crippen LogP) is 7.72. The molecule has 2 heterocycles. The summed E-state index contributed by atoms with van der Waals surface area (Å²) in [5.41, 5.74) is 6.26. The van der Waals surface area contributed by atoms with Crippen LogP contribution in [0.15, 0.2) is 87.7 Å². The number of fused-ring (bicyclic) bond motifs is 6. The van der Waals surface area contributed by atoms with E-state index in [9.17, 15) is 0 Å². The fourth-order valence-electron chi connectivity index (χ4n) is 4.04. The molecule has 6 aromatic rings. The molecule has 0 aliphatic rings. The van der Waals surface area contributed by atoms with Gasteiger partial charge in [0.25, 0.3) is 0 Å². The largest absolute Gasteiger partial charge is 0.456 e. The summed E-state index contributed by atoms with van der Waals surface area (Å²) in [7, 11) is 0. The zero-order valence-electron chi connectivity index (χ0n) is 14.7. The molecule has 0 fully saturated rings. The quantitative estimate of drug-likeness (QED) is 0.311. The van der Waals surface area contributed by atoms with Crippen LogP contribution in [-0.4, -0.2) is 0 Å². The summed E-state index contributed by atoms with van der Waals surface area (Å²) in [6.45, 7) is 0. The van der Waals surface area contributed by atoms with Gasteiger partial charge in [0.05, 0.1) is 5.69 Å². The van der Waals surface area contributed by atoms with E-state index in [1.54, 1.807) is 0 Å². The lowest BCUT2D eigenvalue weighted by molar-refractivity contribution is 0.669. The Morgan fingerprint density at radius 2 is 1.36 bits per heavy atom. The Labute approximate surface area is 165 Å². The highest BCUT2D eigenvalue weighted by Gasteiger charge is 2.16. The number of benzene rings is 4. The van der Waals surface area contributed by atoms with Gasteiger partial charge in [0.15, 0.2) is 5.58 Å². The van der Waals surface area contributed by atoms with Crippen molar-refractivity contribution < 1.29 is 8.83 Å². The van der Waals surface area contributed by atoms with E-state index in [0.717, 1.165) is 60.7 Å². The summed E-state index contributed by atoms with van der Waals surface area (Å²) in [5, 5.41) is 4.35.